The molecule has 0 spiro atoms. The molecule has 28 heavy (non-hydrogen) atoms. The van der Waals surface area contributed by atoms with Gasteiger partial charge in [0.2, 0.25) is 0 Å². The molecule has 0 aliphatic heterocycles. The Hall–Kier alpha value is -2.07. The van der Waals surface area contributed by atoms with Gasteiger partial charge in [-0.2, -0.15) is 0 Å². The number of benzene rings is 1. The molecule has 0 atom stereocenters. The second-order valence-electron chi connectivity index (χ2n) is 5.90. The number of aliphatic imine (C=N–C) groups is 1. The van der Waals surface area contributed by atoms with Crippen LogP contribution in [0.5, 0.6) is 0 Å². The van der Waals surface area contributed by atoms with Crippen molar-refractivity contribution in [2.24, 2.45) is 4.99 Å². The zero-order valence-electron chi connectivity index (χ0n) is 16.4. The van der Waals surface area contributed by atoms with E-state index in [1.165, 1.54) is 0 Å². The fourth-order valence-corrected chi connectivity index (χ4v) is 2.44. The topological polar surface area (TPSA) is 87.9 Å². The summed E-state index contributed by atoms with van der Waals surface area (Å²) in [5.74, 6) is 1.48. The first-order chi connectivity index (χ1) is 13.2. The third kappa shape index (κ3) is 8.75. The number of furan rings is 1. The number of carbonyl (C=O) groups is 1. The van der Waals surface area contributed by atoms with Crippen molar-refractivity contribution in [2.75, 3.05) is 26.7 Å². The summed E-state index contributed by atoms with van der Waals surface area (Å²) in [6, 6.07) is 11.3. The van der Waals surface area contributed by atoms with E-state index < -0.39 is 0 Å². The number of ether oxygens (including phenoxy) is 1. The molecule has 2 rings (SSSR count). The van der Waals surface area contributed by atoms with Crippen LogP contribution in [-0.2, 0) is 17.9 Å². The minimum Gasteiger partial charge on any atom is -0.467 e. The molecule has 2 aromatic rings. The molecule has 0 unspecified atom stereocenters. The smallest absolute Gasteiger partial charge is 0.251 e. The van der Waals surface area contributed by atoms with Gasteiger partial charge in [-0.3, -0.25) is 9.79 Å². The Labute approximate surface area is 183 Å². The number of carbonyl (C=O) groups excluding carboxylic acids is 1. The van der Waals surface area contributed by atoms with Crippen molar-refractivity contribution in [3.05, 3.63) is 59.5 Å². The van der Waals surface area contributed by atoms with E-state index in [0.29, 0.717) is 37.8 Å². The van der Waals surface area contributed by atoms with Gasteiger partial charge in [0, 0.05) is 38.9 Å². The molecule has 1 heterocycles. The molecule has 0 saturated heterocycles. The molecule has 0 fully saturated rings. The molecular weight excluding hydrogens is 471 g/mol. The highest BCUT2D eigenvalue weighted by Crippen LogP contribution is 2.05. The fourth-order valence-electron chi connectivity index (χ4n) is 2.44. The second-order valence-corrected chi connectivity index (χ2v) is 5.90. The molecule has 3 N–H and O–H groups in total. The quantitative estimate of drug-likeness (QED) is 0.202. The highest BCUT2D eigenvalue weighted by Gasteiger charge is 2.05. The van der Waals surface area contributed by atoms with E-state index in [1.54, 1.807) is 13.3 Å². The number of halogens is 1. The van der Waals surface area contributed by atoms with E-state index in [2.05, 4.69) is 20.9 Å². The summed E-state index contributed by atoms with van der Waals surface area (Å²) in [5.41, 5.74) is 1.68. The average Bonchev–Trinajstić information content (AvgIpc) is 3.21. The standard InChI is InChI=1S/C20H28N4O3.HI/c1-3-22-19(25)17-8-4-7-16(13-17)14-24-20(21-2)23-10-6-11-26-15-18-9-5-12-27-18;/h4-5,7-9,12-13H,3,6,10-11,14-15H2,1-2H3,(H,22,25)(H2,21,23,24);1H. The van der Waals surface area contributed by atoms with Gasteiger partial charge in [-0.15, -0.1) is 24.0 Å². The number of hydrogen-bond acceptors (Lipinski definition) is 4. The summed E-state index contributed by atoms with van der Waals surface area (Å²) in [7, 11) is 1.73. The van der Waals surface area contributed by atoms with Crippen molar-refractivity contribution < 1.29 is 13.9 Å². The predicted molar refractivity (Wildman–Crippen MR) is 121 cm³/mol. The van der Waals surface area contributed by atoms with Gasteiger partial charge in [0.1, 0.15) is 12.4 Å². The lowest BCUT2D eigenvalue weighted by molar-refractivity contribution is 0.0955. The third-order valence-electron chi connectivity index (χ3n) is 3.79. The summed E-state index contributed by atoms with van der Waals surface area (Å²) in [4.78, 5) is 16.1. The monoisotopic (exact) mass is 500 g/mol. The number of hydrogen-bond donors (Lipinski definition) is 3. The largest absolute Gasteiger partial charge is 0.467 e. The Morgan fingerprint density at radius 3 is 2.75 bits per heavy atom. The van der Waals surface area contributed by atoms with Crippen molar-refractivity contribution >= 4 is 35.8 Å². The Morgan fingerprint density at radius 2 is 2.04 bits per heavy atom. The highest BCUT2D eigenvalue weighted by molar-refractivity contribution is 14.0. The molecule has 1 amide bonds. The maximum Gasteiger partial charge on any atom is 0.251 e. The minimum atomic E-state index is -0.0589. The molecule has 7 nitrogen and oxygen atoms in total. The molecule has 8 heteroatoms. The Kier molecular flexibility index (Phi) is 12.0. The summed E-state index contributed by atoms with van der Waals surface area (Å²) in [6.07, 6.45) is 2.50. The number of nitrogens with one attached hydrogen (secondary N) is 3. The summed E-state index contributed by atoms with van der Waals surface area (Å²) < 4.78 is 10.8. The van der Waals surface area contributed by atoms with Crippen molar-refractivity contribution in [3.63, 3.8) is 0 Å². The first kappa shape index (κ1) is 24.0. The van der Waals surface area contributed by atoms with Crippen molar-refractivity contribution in [2.45, 2.75) is 26.5 Å². The summed E-state index contributed by atoms with van der Waals surface area (Å²) in [6.45, 7) is 4.98. The van der Waals surface area contributed by atoms with Crippen LogP contribution in [0.3, 0.4) is 0 Å². The number of amides is 1. The van der Waals surface area contributed by atoms with Crippen molar-refractivity contribution in [3.8, 4) is 0 Å². The lowest BCUT2D eigenvalue weighted by atomic mass is 10.1. The number of rotatable bonds is 10. The van der Waals surface area contributed by atoms with Crippen LogP contribution < -0.4 is 16.0 Å². The van der Waals surface area contributed by atoms with E-state index >= 15 is 0 Å². The van der Waals surface area contributed by atoms with E-state index in [9.17, 15) is 4.79 Å². The van der Waals surface area contributed by atoms with Crippen LogP contribution in [0.4, 0.5) is 0 Å². The molecule has 0 radical (unpaired) electrons. The fraction of sp³-hybridized carbons (Fsp3) is 0.400. The van der Waals surface area contributed by atoms with Gasteiger partial charge in [-0.05, 0) is 43.2 Å². The summed E-state index contributed by atoms with van der Waals surface area (Å²) >= 11 is 0. The number of nitrogens with zero attached hydrogens (tertiary/aromatic N) is 1. The Bertz CT molecular complexity index is 720. The Balaban J connectivity index is 0.00000392. The lowest BCUT2D eigenvalue weighted by Gasteiger charge is -2.12. The molecule has 0 aliphatic rings. The van der Waals surface area contributed by atoms with Crippen LogP contribution in [0, 0.1) is 0 Å². The van der Waals surface area contributed by atoms with Gasteiger partial charge in [-0.1, -0.05) is 12.1 Å². The zero-order chi connectivity index (χ0) is 19.3. The van der Waals surface area contributed by atoms with Crippen LogP contribution in [0.25, 0.3) is 0 Å². The third-order valence-corrected chi connectivity index (χ3v) is 3.79. The maximum absolute atomic E-state index is 11.9. The molecule has 0 aliphatic carbocycles. The van der Waals surface area contributed by atoms with Gasteiger partial charge in [0.15, 0.2) is 5.96 Å². The second kappa shape index (κ2) is 14.0. The van der Waals surface area contributed by atoms with Crippen LogP contribution in [-0.4, -0.2) is 38.6 Å². The molecule has 0 saturated carbocycles. The van der Waals surface area contributed by atoms with Gasteiger partial charge >= 0.3 is 0 Å². The predicted octanol–water partition coefficient (Wildman–Crippen LogP) is 2.92. The maximum atomic E-state index is 11.9. The van der Waals surface area contributed by atoms with Gasteiger partial charge in [0.25, 0.3) is 5.91 Å². The number of guanidine groups is 1. The zero-order valence-corrected chi connectivity index (χ0v) is 18.7. The SMILES string of the molecule is CCNC(=O)c1cccc(CNC(=NC)NCCCOCc2ccco2)c1.I. The van der Waals surface area contributed by atoms with E-state index in [0.717, 1.165) is 24.3 Å². The summed E-state index contributed by atoms with van der Waals surface area (Å²) in [5, 5.41) is 9.30. The van der Waals surface area contributed by atoms with E-state index in [4.69, 9.17) is 9.15 Å². The van der Waals surface area contributed by atoms with Crippen molar-refractivity contribution in [1.29, 1.82) is 0 Å². The molecular formula is C20H29IN4O3. The average molecular weight is 500 g/mol. The molecule has 1 aromatic carbocycles. The van der Waals surface area contributed by atoms with Gasteiger partial charge < -0.3 is 25.1 Å². The molecule has 154 valence electrons. The Morgan fingerprint density at radius 1 is 1.18 bits per heavy atom. The van der Waals surface area contributed by atoms with Crippen LogP contribution >= 0.6 is 24.0 Å². The molecule has 1 aromatic heterocycles. The first-order valence-electron chi connectivity index (χ1n) is 9.14. The van der Waals surface area contributed by atoms with Crippen LogP contribution in [0.1, 0.15) is 35.0 Å². The van der Waals surface area contributed by atoms with E-state index in [1.807, 2.05) is 43.3 Å². The normalized spacial score (nSPS) is 10.9. The van der Waals surface area contributed by atoms with E-state index in [-0.39, 0.29) is 29.9 Å². The molecule has 0 bridgehead atoms. The van der Waals surface area contributed by atoms with Crippen LogP contribution in [0.15, 0.2) is 52.1 Å². The van der Waals surface area contributed by atoms with Gasteiger partial charge in [-0.25, -0.2) is 0 Å². The van der Waals surface area contributed by atoms with Crippen LogP contribution in [0.2, 0.25) is 0 Å². The minimum absolute atomic E-state index is 0. The first-order valence-corrected chi connectivity index (χ1v) is 9.14. The van der Waals surface area contributed by atoms with Gasteiger partial charge in [0.05, 0.1) is 6.26 Å². The highest BCUT2D eigenvalue weighted by atomic mass is 127. The van der Waals surface area contributed by atoms with Crippen molar-refractivity contribution in [1.82, 2.24) is 16.0 Å². The lowest BCUT2D eigenvalue weighted by Crippen LogP contribution is -2.37.